The maximum absolute atomic E-state index is 12.3. The molecule has 2 rings (SSSR count). The number of unbranched alkanes of at least 4 members (excludes halogenated alkanes) is 3. The minimum Gasteiger partial charge on any atom is -0.379 e. The number of hydrogen-bond donors (Lipinski definition) is 0. The summed E-state index contributed by atoms with van der Waals surface area (Å²) in [5.74, 6) is -0.544. The van der Waals surface area contributed by atoms with Gasteiger partial charge in [0.05, 0.1) is 117 Å². The first-order valence-corrected chi connectivity index (χ1v) is 14.8. The molecule has 234 valence electrons. The zero-order valence-electron chi connectivity index (χ0n) is 24.7. The molecule has 0 spiro atoms. The first-order valence-electron chi connectivity index (χ1n) is 14.8. The molecule has 2 amide bonds. The summed E-state index contributed by atoms with van der Waals surface area (Å²) in [5, 5.41) is 0. The maximum atomic E-state index is 12.3. The van der Waals surface area contributed by atoms with Crippen LogP contribution in [0, 0.1) is 0 Å². The highest BCUT2D eigenvalue weighted by Gasteiger charge is 2.34. The summed E-state index contributed by atoms with van der Waals surface area (Å²) in [4.78, 5) is 25.8. The average molecular weight is 584 g/mol. The molecular weight excluding hydrogens is 534 g/mol. The van der Waals surface area contributed by atoms with E-state index in [1.54, 1.807) is 24.3 Å². The molecule has 1 aliphatic rings. The van der Waals surface area contributed by atoms with E-state index in [1.165, 1.54) is 24.2 Å². The average Bonchev–Trinajstić information content (AvgIpc) is 3.23. The summed E-state index contributed by atoms with van der Waals surface area (Å²) >= 11 is 0. The lowest BCUT2D eigenvalue weighted by Crippen LogP contribution is -2.33. The molecule has 41 heavy (non-hydrogen) atoms. The number of rotatable bonds is 29. The van der Waals surface area contributed by atoms with Crippen LogP contribution in [0.15, 0.2) is 24.3 Å². The summed E-state index contributed by atoms with van der Waals surface area (Å²) < 4.78 is 43.8. The van der Waals surface area contributed by atoms with E-state index in [0.29, 0.717) is 104 Å². The zero-order chi connectivity index (χ0) is 29.2. The Morgan fingerprint density at radius 3 is 1.17 bits per heavy atom. The third kappa shape index (κ3) is 16.3. The highest BCUT2D eigenvalue weighted by atomic mass is 16.6. The molecule has 0 radical (unpaired) electrons. The van der Waals surface area contributed by atoms with Crippen molar-refractivity contribution in [2.45, 2.75) is 32.6 Å². The third-order valence-corrected chi connectivity index (χ3v) is 6.08. The summed E-state index contributed by atoms with van der Waals surface area (Å²) in [6.07, 6.45) is 4.87. The molecule has 1 aromatic carbocycles. The predicted molar refractivity (Wildman–Crippen MR) is 153 cm³/mol. The number of carbonyl (C=O) groups excluding carboxylic acids is 2. The molecule has 0 aliphatic carbocycles. The molecule has 0 saturated carbocycles. The fourth-order valence-electron chi connectivity index (χ4n) is 3.87. The highest BCUT2D eigenvalue weighted by Crippen LogP contribution is 2.21. The monoisotopic (exact) mass is 583 g/mol. The lowest BCUT2D eigenvalue weighted by Gasteiger charge is -2.13. The van der Waals surface area contributed by atoms with E-state index in [1.807, 2.05) is 0 Å². The van der Waals surface area contributed by atoms with Crippen molar-refractivity contribution in [1.29, 1.82) is 0 Å². The molecule has 0 saturated heterocycles. The largest absolute Gasteiger partial charge is 0.379 e. The van der Waals surface area contributed by atoms with Gasteiger partial charge >= 0.3 is 0 Å². The van der Waals surface area contributed by atoms with Crippen LogP contribution in [0.1, 0.15) is 53.3 Å². The van der Waals surface area contributed by atoms with Gasteiger partial charge in [0.15, 0.2) is 0 Å². The van der Waals surface area contributed by atoms with E-state index in [4.69, 9.17) is 37.9 Å². The Labute approximate surface area is 244 Å². The van der Waals surface area contributed by atoms with Crippen molar-refractivity contribution in [1.82, 2.24) is 4.90 Å². The minimum absolute atomic E-state index is 0.222. The zero-order valence-corrected chi connectivity index (χ0v) is 24.7. The molecule has 11 heteroatoms. The molecule has 0 unspecified atom stereocenters. The van der Waals surface area contributed by atoms with E-state index in [9.17, 15) is 9.59 Å². The number of nitrogens with zero attached hydrogens (tertiary/aromatic N) is 1. The van der Waals surface area contributed by atoms with E-state index in [0.717, 1.165) is 13.0 Å². The Hall–Kier alpha value is -1.96. The molecule has 11 nitrogen and oxygen atoms in total. The smallest absolute Gasteiger partial charge is 0.261 e. The fourth-order valence-corrected chi connectivity index (χ4v) is 3.87. The summed E-state index contributed by atoms with van der Waals surface area (Å²) in [6, 6.07) is 6.83. The Morgan fingerprint density at radius 2 is 0.805 bits per heavy atom. The van der Waals surface area contributed by atoms with E-state index < -0.39 is 0 Å². The Kier molecular flexibility index (Phi) is 21.2. The second kappa shape index (κ2) is 24.6. The first kappa shape index (κ1) is 35.2. The second-order valence-corrected chi connectivity index (χ2v) is 9.27. The van der Waals surface area contributed by atoms with Gasteiger partial charge in [0.25, 0.3) is 11.8 Å². The molecule has 0 N–H and O–H groups in total. The van der Waals surface area contributed by atoms with E-state index in [2.05, 4.69) is 6.92 Å². The summed E-state index contributed by atoms with van der Waals surface area (Å²) in [6.45, 7) is 10.5. The van der Waals surface area contributed by atoms with Crippen molar-refractivity contribution in [2.75, 3.05) is 112 Å². The van der Waals surface area contributed by atoms with Crippen LogP contribution >= 0.6 is 0 Å². The number of amides is 2. The summed E-state index contributed by atoms with van der Waals surface area (Å²) in [7, 11) is 0. The topological polar surface area (TPSA) is 111 Å². The van der Waals surface area contributed by atoms with Crippen molar-refractivity contribution >= 4 is 11.8 Å². The van der Waals surface area contributed by atoms with Crippen molar-refractivity contribution in [3.63, 3.8) is 0 Å². The van der Waals surface area contributed by atoms with Gasteiger partial charge in [-0.15, -0.1) is 0 Å². The van der Waals surface area contributed by atoms with Gasteiger partial charge in [-0.1, -0.05) is 38.3 Å². The van der Waals surface area contributed by atoms with Crippen LogP contribution in [-0.4, -0.2) is 129 Å². The molecular formula is C30H49NO10. The van der Waals surface area contributed by atoms with Gasteiger partial charge in [-0.25, -0.2) is 0 Å². The van der Waals surface area contributed by atoms with Gasteiger partial charge in [-0.3, -0.25) is 14.5 Å². The lowest BCUT2D eigenvalue weighted by atomic mass is 10.1. The molecule has 0 fully saturated rings. The SMILES string of the molecule is CCCCCCOCCOCCOCCOCCOCCOCCOCCOCCN1C(=O)c2ccccc2C1=O. The van der Waals surface area contributed by atoms with Crippen LogP contribution in [0.2, 0.25) is 0 Å². The third-order valence-electron chi connectivity index (χ3n) is 6.08. The first-order chi connectivity index (χ1) is 20.3. The standard InChI is InChI=1S/C30H49NO10/c1-2-3-4-7-11-34-13-15-36-17-19-38-21-23-40-25-26-41-24-22-39-20-18-37-16-14-35-12-10-31-29(32)27-8-5-6-9-28(27)30(31)33/h5-6,8-9H,2-4,7,10-26H2,1H3. The maximum Gasteiger partial charge on any atom is 0.261 e. The van der Waals surface area contributed by atoms with Gasteiger partial charge in [0.1, 0.15) is 0 Å². The van der Waals surface area contributed by atoms with Crippen LogP contribution in [0.4, 0.5) is 0 Å². The molecule has 0 bridgehead atoms. The van der Waals surface area contributed by atoms with Crippen LogP contribution < -0.4 is 0 Å². The van der Waals surface area contributed by atoms with Crippen molar-refractivity contribution in [3.05, 3.63) is 35.4 Å². The molecule has 0 aromatic heterocycles. The number of benzene rings is 1. The molecule has 1 heterocycles. The van der Waals surface area contributed by atoms with Crippen LogP contribution in [0.25, 0.3) is 0 Å². The van der Waals surface area contributed by atoms with Gasteiger partial charge in [0, 0.05) is 6.61 Å². The number of imide groups is 1. The van der Waals surface area contributed by atoms with Gasteiger partial charge < -0.3 is 37.9 Å². The van der Waals surface area contributed by atoms with Crippen LogP contribution in [0.5, 0.6) is 0 Å². The van der Waals surface area contributed by atoms with Crippen molar-refractivity contribution in [3.8, 4) is 0 Å². The predicted octanol–water partition coefficient (Wildman–Crippen LogP) is 3.00. The molecule has 1 aliphatic heterocycles. The van der Waals surface area contributed by atoms with Gasteiger partial charge in [0.2, 0.25) is 0 Å². The lowest BCUT2D eigenvalue weighted by molar-refractivity contribution is -0.0233. The number of ether oxygens (including phenoxy) is 8. The normalized spacial score (nSPS) is 13.0. The second-order valence-electron chi connectivity index (χ2n) is 9.27. The van der Waals surface area contributed by atoms with E-state index in [-0.39, 0.29) is 25.0 Å². The number of carbonyl (C=O) groups is 2. The molecule has 0 atom stereocenters. The Balaban J connectivity index is 1.21. The fraction of sp³-hybridized carbons (Fsp3) is 0.733. The van der Waals surface area contributed by atoms with Crippen LogP contribution in [0.3, 0.4) is 0 Å². The minimum atomic E-state index is -0.272. The van der Waals surface area contributed by atoms with Gasteiger partial charge in [-0.2, -0.15) is 0 Å². The molecule has 1 aromatic rings. The highest BCUT2D eigenvalue weighted by molar-refractivity contribution is 6.21. The van der Waals surface area contributed by atoms with Gasteiger partial charge in [-0.05, 0) is 18.6 Å². The Bertz CT molecular complexity index is 774. The van der Waals surface area contributed by atoms with Crippen LogP contribution in [-0.2, 0) is 37.9 Å². The quantitative estimate of drug-likeness (QED) is 0.103. The summed E-state index contributed by atoms with van der Waals surface area (Å²) in [5.41, 5.74) is 0.895. The van der Waals surface area contributed by atoms with Crippen molar-refractivity contribution < 1.29 is 47.5 Å². The number of fused-ring (bicyclic) bond motifs is 1. The van der Waals surface area contributed by atoms with E-state index >= 15 is 0 Å². The number of hydrogen-bond acceptors (Lipinski definition) is 10. The van der Waals surface area contributed by atoms with Crippen molar-refractivity contribution in [2.24, 2.45) is 0 Å². The Morgan fingerprint density at radius 1 is 0.463 bits per heavy atom.